The SMILES string of the molecule is CC1CCNCC1NS(=O)(=O)NC(C)(C)C. The molecule has 5 nitrogen and oxygen atoms in total. The van der Waals surface area contributed by atoms with E-state index >= 15 is 0 Å². The summed E-state index contributed by atoms with van der Waals surface area (Å²) in [7, 11) is -3.41. The maximum atomic E-state index is 11.8. The first kappa shape index (κ1) is 13.9. The van der Waals surface area contributed by atoms with Crippen LogP contribution >= 0.6 is 0 Å². The minimum absolute atomic E-state index is 0.0198. The van der Waals surface area contributed by atoms with Gasteiger partial charge in [-0.2, -0.15) is 17.9 Å². The fourth-order valence-corrected chi connectivity index (χ4v) is 3.36. The van der Waals surface area contributed by atoms with Crippen LogP contribution in [0.15, 0.2) is 0 Å². The molecule has 1 fully saturated rings. The van der Waals surface area contributed by atoms with Gasteiger partial charge in [-0.15, -0.1) is 0 Å². The van der Waals surface area contributed by atoms with Crippen molar-refractivity contribution in [3.8, 4) is 0 Å². The van der Waals surface area contributed by atoms with Gasteiger partial charge in [-0.3, -0.25) is 0 Å². The van der Waals surface area contributed by atoms with E-state index in [-0.39, 0.29) is 6.04 Å². The van der Waals surface area contributed by atoms with E-state index < -0.39 is 15.7 Å². The normalized spacial score (nSPS) is 28.0. The van der Waals surface area contributed by atoms with Crippen molar-refractivity contribution >= 4 is 10.2 Å². The Bertz CT molecular complexity index is 321. The van der Waals surface area contributed by atoms with Crippen molar-refractivity contribution in [3.63, 3.8) is 0 Å². The second-order valence-electron chi connectivity index (χ2n) is 5.55. The minimum Gasteiger partial charge on any atom is -0.315 e. The summed E-state index contributed by atoms with van der Waals surface area (Å²) in [5.74, 6) is 0.373. The minimum atomic E-state index is -3.41. The highest BCUT2D eigenvalue weighted by molar-refractivity contribution is 7.87. The Balaban J connectivity index is 2.58. The largest absolute Gasteiger partial charge is 0.315 e. The monoisotopic (exact) mass is 249 g/mol. The average Bonchev–Trinajstić information content (AvgIpc) is 2.04. The van der Waals surface area contributed by atoms with Crippen LogP contribution in [0.2, 0.25) is 0 Å². The van der Waals surface area contributed by atoms with E-state index in [1.54, 1.807) is 0 Å². The van der Waals surface area contributed by atoms with E-state index in [2.05, 4.69) is 21.7 Å². The quantitative estimate of drug-likeness (QED) is 0.669. The van der Waals surface area contributed by atoms with Crippen molar-refractivity contribution < 1.29 is 8.42 Å². The molecule has 16 heavy (non-hydrogen) atoms. The first-order valence-corrected chi connectivity index (χ1v) is 7.20. The van der Waals surface area contributed by atoms with Crippen LogP contribution in [0.4, 0.5) is 0 Å². The van der Waals surface area contributed by atoms with Gasteiger partial charge in [0.1, 0.15) is 0 Å². The molecule has 0 aromatic rings. The molecule has 0 radical (unpaired) electrons. The van der Waals surface area contributed by atoms with Crippen molar-refractivity contribution in [2.24, 2.45) is 5.92 Å². The molecule has 1 aliphatic rings. The predicted molar refractivity (Wildman–Crippen MR) is 65.4 cm³/mol. The standard InChI is InChI=1S/C10H23N3O2S/c1-8-5-6-11-7-9(8)12-16(14,15)13-10(2,3)4/h8-9,11-13H,5-7H2,1-4H3. The van der Waals surface area contributed by atoms with Gasteiger partial charge in [0.15, 0.2) is 0 Å². The van der Waals surface area contributed by atoms with Crippen molar-refractivity contribution in [3.05, 3.63) is 0 Å². The Morgan fingerprint density at radius 1 is 1.31 bits per heavy atom. The predicted octanol–water partition coefficient (Wildman–Crippen LogP) is 0.207. The number of nitrogens with one attached hydrogen (secondary N) is 3. The van der Waals surface area contributed by atoms with Gasteiger partial charge < -0.3 is 5.32 Å². The Hall–Kier alpha value is -0.170. The van der Waals surface area contributed by atoms with Gasteiger partial charge >= 0.3 is 0 Å². The van der Waals surface area contributed by atoms with Gasteiger partial charge in [-0.1, -0.05) is 6.92 Å². The second-order valence-corrected chi connectivity index (χ2v) is 7.00. The third-order valence-electron chi connectivity index (χ3n) is 2.57. The van der Waals surface area contributed by atoms with Crippen molar-refractivity contribution in [1.82, 2.24) is 14.8 Å². The van der Waals surface area contributed by atoms with E-state index in [0.717, 1.165) is 13.0 Å². The van der Waals surface area contributed by atoms with Crippen molar-refractivity contribution in [2.45, 2.75) is 45.7 Å². The lowest BCUT2D eigenvalue weighted by atomic mass is 9.96. The van der Waals surface area contributed by atoms with Crippen LogP contribution in [0.3, 0.4) is 0 Å². The van der Waals surface area contributed by atoms with E-state index in [1.165, 1.54) is 0 Å². The van der Waals surface area contributed by atoms with Gasteiger partial charge in [-0.25, -0.2) is 0 Å². The second kappa shape index (κ2) is 5.00. The van der Waals surface area contributed by atoms with Gasteiger partial charge in [0.05, 0.1) is 0 Å². The van der Waals surface area contributed by atoms with E-state index in [9.17, 15) is 8.42 Å². The fourth-order valence-electron chi connectivity index (χ4n) is 1.78. The number of rotatable bonds is 3. The molecule has 0 bridgehead atoms. The summed E-state index contributed by atoms with van der Waals surface area (Å²) < 4.78 is 28.9. The summed E-state index contributed by atoms with van der Waals surface area (Å²) in [4.78, 5) is 0. The third-order valence-corrected chi connectivity index (χ3v) is 4.07. The number of hydrogen-bond acceptors (Lipinski definition) is 3. The van der Waals surface area contributed by atoms with Crippen LogP contribution < -0.4 is 14.8 Å². The maximum absolute atomic E-state index is 11.8. The summed E-state index contributed by atoms with van der Waals surface area (Å²) in [6.07, 6.45) is 1.00. The Morgan fingerprint density at radius 2 is 1.94 bits per heavy atom. The Morgan fingerprint density at radius 3 is 2.44 bits per heavy atom. The molecule has 6 heteroatoms. The van der Waals surface area contributed by atoms with E-state index in [1.807, 2.05) is 20.8 Å². The summed E-state index contributed by atoms with van der Waals surface area (Å²) in [6, 6.07) is -0.0198. The highest BCUT2D eigenvalue weighted by atomic mass is 32.2. The van der Waals surface area contributed by atoms with Gasteiger partial charge in [0.25, 0.3) is 10.2 Å². The first-order valence-electron chi connectivity index (χ1n) is 5.71. The average molecular weight is 249 g/mol. The van der Waals surface area contributed by atoms with Crippen LogP contribution in [0, 0.1) is 5.92 Å². The molecule has 2 unspecified atom stereocenters. The topological polar surface area (TPSA) is 70.2 Å². The van der Waals surface area contributed by atoms with Gasteiger partial charge in [-0.05, 0) is 39.7 Å². The molecular formula is C10H23N3O2S. The van der Waals surface area contributed by atoms with E-state index in [4.69, 9.17) is 0 Å². The molecular weight excluding hydrogens is 226 g/mol. The molecule has 1 aliphatic heterocycles. The van der Waals surface area contributed by atoms with Crippen molar-refractivity contribution in [2.75, 3.05) is 13.1 Å². The Kier molecular flexibility index (Phi) is 4.34. The fraction of sp³-hybridized carbons (Fsp3) is 1.00. The van der Waals surface area contributed by atoms with Crippen molar-refractivity contribution in [1.29, 1.82) is 0 Å². The zero-order valence-corrected chi connectivity index (χ0v) is 11.3. The highest BCUT2D eigenvalue weighted by Gasteiger charge is 2.27. The molecule has 0 spiro atoms. The summed E-state index contributed by atoms with van der Waals surface area (Å²) >= 11 is 0. The zero-order valence-electron chi connectivity index (χ0n) is 10.5. The van der Waals surface area contributed by atoms with Crippen LogP contribution in [0.5, 0.6) is 0 Å². The maximum Gasteiger partial charge on any atom is 0.277 e. The molecule has 0 amide bonds. The zero-order chi connectivity index (χ0) is 12.4. The molecule has 0 aromatic heterocycles. The van der Waals surface area contributed by atoms with Gasteiger partial charge in [0.2, 0.25) is 0 Å². The molecule has 0 aromatic carbocycles. The third kappa shape index (κ3) is 4.78. The van der Waals surface area contributed by atoms with E-state index in [0.29, 0.717) is 12.5 Å². The summed E-state index contributed by atoms with van der Waals surface area (Å²) in [5.41, 5.74) is -0.447. The molecule has 3 N–H and O–H groups in total. The highest BCUT2D eigenvalue weighted by Crippen LogP contribution is 2.12. The molecule has 1 saturated heterocycles. The Labute approximate surface area is 98.6 Å². The first-order chi connectivity index (χ1) is 7.20. The number of piperidine rings is 1. The molecule has 96 valence electrons. The summed E-state index contributed by atoms with van der Waals surface area (Å²) in [5, 5.41) is 3.20. The lowest BCUT2D eigenvalue weighted by Gasteiger charge is -2.31. The molecule has 1 heterocycles. The molecule has 0 saturated carbocycles. The van der Waals surface area contributed by atoms with Crippen LogP contribution in [-0.2, 0) is 10.2 Å². The lowest BCUT2D eigenvalue weighted by molar-refractivity contribution is 0.324. The van der Waals surface area contributed by atoms with Gasteiger partial charge in [0, 0.05) is 18.1 Å². The van der Waals surface area contributed by atoms with Crippen LogP contribution in [-0.4, -0.2) is 33.1 Å². The molecule has 2 atom stereocenters. The van der Waals surface area contributed by atoms with Crippen LogP contribution in [0.1, 0.15) is 34.1 Å². The molecule has 1 rings (SSSR count). The smallest absolute Gasteiger partial charge is 0.277 e. The lowest BCUT2D eigenvalue weighted by Crippen LogP contribution is -2.55. The number of hydrogen-bond donors (Lipinski definition) is 3. The van der Waals surface area contributed by atoms with Crippen LogP contribution in [0.25, 0.3) is 0 Å². The summed E-state index contributed by atoms with van der Waals surface area (Å²) in [6.45, 7) is 9.22. The molecule has 0 aliphatic carbocycles.